The normalized spacial score (nSPS) is 11.3. The fraction of sp³-hybridized carbons (Fsp3) is 0.250. The minimum atomic E-state index is 0.447. The van der Waals surface area contributed by atoms with Crippen LogP contribution >= 0.6 is 45.9 Å². The van der Waals surface area contributed by atoms with Crippen LogP contribution in [0.15, 0.2) is 23.7 Å². The second-order valence-corrected chi connectivity index (χ2v) is 7.07. The van der Waals surface area contributed by atoms with Gasteiger partial charge in [-0.1, -0.05) is 11.6 Å². The number of thiophene rings is 1. The van der Waals surface area contributed by atoms with Crippen LogP contribution in [0.1, 0.15) is 10.6 Å². The quantitative estimate of drug-likeness (QED) is 0.657. The summed E-state index contributed by atoms with van der Waals surface area (Å²) in [5.74, 6) is 1.38. The van der Waals surface area contributed by atoms with Crippen molar-refractivity contribution in [3.63, 3.8) is 0 Å². The number of alkyl halides is 1. The highest BCUT2D eigenvalue weighted by Crippen LogP contribution is 2.28. The summed E-state index contributed by atoms with van der Waals surface area (Å²) in [6.45, 7) is 0.784. The zero-order chi connectivity index (χ0) is 13.4. The van der Waals surface area contributed by atoms with Gasteiger partial charge in [0.2, 0.25) is 0 Å². The Kier molecular flexibility index (Phi) is 3.71. The molecule has 0 amide bonds. The van der Waals surface area contributed by atoms with Crippen molar-refractivity contribution in [3.05, 3.63) is 38.6 Å². The number of fused-ring (bicyclic) bond motifs is 1. The van der Waals surface area contributed by atoms with Crippen LogP contribution in [0.3, 0.4) is 0 Å². The van der Waals surface area contributed by atoms with Gasteiger partial charge >= 0.3 is 0 Å². The van der Waals surface area contributed by atoms with E-state index >= 15 is 0 Å². The van der Waals surface area contributed by atoms with Crippen LogP contribution in [0.5, 0.6) is 0 Å². The molecule has 0 unspecified atom stereocenters. The third-order valence-electron chi connectivity index (χ3n) is 2.85. The molecular formula is C12H11Cl2N3S2. The summed E-state index contributed by atoms with van der Waals surface area (Å²) in [5, 5.41) is 2.02. The zero-order valence-corrected chi connectivity index (χ0v) is 13.3. The summed E-state index contributed by atoms with van der Waals surface area (Å²) in [6, 6.07) is 3.96. The molecule has 3 aromatic rings. The number of hydrogen-bond donors (Lipinski definition) is 0. The van der Waals surface area contributed by atoms with Crippen LogP contribution in [0.25, 0.3) is 4.96 Å². The summed E-state index contributed by atoms with van der Waals surface area (Å²) in [5.41, 5.74) is 1.03. The third kappa shape index (κ3) is 2.48. The van der Waals surface area contributed by atoms with Gasteiger partial charge in [-0.15, -0.1) is 34.3 Å². The molecule has 0 aliphatic heterocycles. The Morgan fingerprint density at radius 3 is 2.95 bits per heavy atom. The second kappa shape index (κ2) is 5.32. The van der Waals surface area contributed by atoms with Crippen LogP contribution in [0, 0.1) is 0 Å². The summed E-state index contributed by atoms with van der Waals surface area (Å²) in [6.07, 6.45) is 2.00. The van der Waals surface area contributed by atoms with Crippen molar-refractivity contribution in [1.82, 2.24) is 9.38 Å². The first-order valence-corrected chi connectivity index (χ1v) is 8.25. The second-order valence-electron chi connectivity index (χ2n) is 4.13. The van der Waals surface area contributed by atoms with Crippen molar-refractivity contribution in [2.24, 2.45) is 0 Å². The Bertz CT molecular complexity index is 701. The lowest BCUT2D eigenvalue weighted by molar-refractivity contribution is 0.908. The van der Waals surface area contributed by atoms with Gasteiger partial charge in [-0.25, -0.2) is 4.98 Å². The van der Waals surface area contributed by atoms with Gasteiger partial charge in [0.15, 0.2) is 10.8 Å². The van der Waals surface area contributed by atoms with E-state index < -0.39 is 0 Å². The summed E-state index contributed by atoms with van der Waals surface area (Å²) in [7, 11) is 2.02. The van der Waals surface area contributed by atoms with Crippen LogP contribution in [0.2, 0.25) is 4.34 Å². The van der Waals surface area contributed by atoms with E-state index in [2.05, 4.69) is 9.88 Å². The highest BCUT2D eigenvalue weighted by atomic mass is 35.5. The Hall–Kier alpha value is -0.750. The van der Waals surface area contributed by atoms with E-state index in [-0.39, 0.29) is 0 Å². The third-order valence-corrected chi connectivity index (χ3v) is 5.08. The maximum atomic E-state index is 6.06. The molecule has 0 fully saturated rings. The van der Waals surface area contributed by atoms with Crippen LogP contribution in [0.4, 0.5) is 5.82 Å². The molecule has 3 heterocycles. The zero-order valence-electron chi connectivity index (χ0n) is 10.1. The fourth-order valence-electron chi connectivity index (χ4n) is 2.00. The van der Waals surface area contributed by atoms with Gasteiger partial charge in [-0.3, -0.25) is 4.40 Å². The maximum Gasteiger partial charge on any atom is 0.195 e. The minimum Gasteiger partial charge on any atom is -0.353 e. The van der Waals surface area contributed by atoms with Crippen LogP contribution in [-0.4, -0.2) is 16.4 Å². The molecule has 0 aliphatic rings. The van der Waals surface area contributed by atoms with Crippen molar-refractivity contribution < 1.29 is 0 Å². The molecule has 100 valence electrons. The number of aromatic nitrogens is 2. The van der Waals surface area contributed by atoms with E-state index in [1.54, 1.807) is 22.7 Å². The van der Waals surface area contributed by atoms with Crippen LogP contribution < -0.4 is 4.90 Å². The molecule has 0 atom stereocenters. The largest absolute Gasteiger partial charge is 0.353 e. The molecule has 0 aromatic carbocycles. The van der Waals surface area contributed by atoms with Crippen LogP contribution in [-0.2, 0) is 12.4 Å². The number of hydrogen-bond acceptors (Lipinski definition) is 4. The Morgan fingerprint density at radius 2 is 2.26 bits per heavy atom. The molecule has 0 saturated heterocycles. The standard InChI is InChI=1S/C12H11Cl2N3S2/c1-16(7-8-2-3-10(14)19-8)11-9(6-13)17-4-5-18-12(17)15-11/h2-5H,6-7H2,1H3. The van der Waals surface area contributed by atoms with E-state index in [1.165, 1.54) is 4.88 Å². The molecule has 0 N–H and O–H groups in total. The van der Waals surface area contributed by atoms with E-state index in [4.69, 9.17) is 23.2 Å². The number of rotatable bonds is 4. The fourth-order valence-corrected chi connectivity index (χ4v) is 4.11. The van der Waals surface area contributed by atoms with Gasteiger partial charge in [-0.05, 0) is 12.1 Å². The van der Waals surface area contributed by atoms with Crippen molar-refractivity contribution in [3.8, 4) is 0 Å². The van der Waals surface area contributed by atoms with Gasteiger partial charge in [0.25, 0.3) is 0 Å². The Labute approximate surface area is 129 Å². The van der Waals surface area contributed by atoms with E-state index in [9.17, 15) is 0 Å². The van der Waals surface area contributed by atoms with Gasteiger partial charge in [0, 0.05) is 23.5 Å². The van der Waals surface area contributed by atoms with E-state index in [0.29, 0.717) is 5.88 Å². The molecule has 0 radical (unpaired) electrons. The molecule has 3 rings (SSSR count). The van der Waals surface area contributed by atoms with Crippen molar-refractivity contribution in [2.45, 2.75) is 12.4 Å². The maximum absolute atomic E-state index is 6.06. The lowest BCUT2D eigenvalue weighted by Gasteiger charge is -2.16. The molecule has 3 aromatic heterocycles. The van der Waals surface area contributed by atoms with Gasteiger partial charge in [0.1, 0.15) is 0 Å². The highest BCUT2D eigenvalue weighted by molar-refractivity contribution is 7.16. The predicted octanol–water partition coefficient (Wildman–Crippen LogP) is 4.49. The monoisotopic (exact) mass is 331 g/mol. The van der Waals surface area contributed by atoms with Gasteiger partial charge in [-0.2, -0.15) is 0 Å². The highest BCUT2D eigenvalue weighted by Gasteiger charge is 2.16. The summed E-state index contributed by atoms with van der Waals surface area (Å²) >= 11 is 15.2. The van der Waals surface area contributed by atoms with E-state index in [1.807, 2.05) is 35.2 Å². The number of anilines is 1. The molecule has 0 aliphatic carbocycles. The average molecular weight is 332 g/mol. The van der Waals surface area contributed by atoms with E-state index in [0.717, 1.165) is 27.4 Å². The van der Waals surface area contributed by atoms with Crippen molar-refractivity contribution in [1.29, 1.82) is 0 Å². The first kappa shape index (κ1) is 13.2. The number of imidazole rings is 1. The molecule has 0 saturated carbocycles. The molecular weight excluding hydrogens is 321 g/mol. The first-order valence-electron chi connectivity index (χ1n) is 5.65. The lowest BCUT2D eigenvalue weighted by Crippen LogP contribution is -2.17. The first-order chi connectivity index (χ1) is 9.19. The molecule has 3 nitrogen and oxygen atoms in total. The SMILES string of the molecule is CN(Cc1ccc(Cl)s1)c1nc2sccn2c1CCl. The smallest absolute Gasteiger partial charge is 0.195 e. The van der Waals surface area contributed by atoms with Gasteiger partial charge < -0.3 is 4.90 Å². The topological polar surface area (TPSA) is 20.5 Å². The Morgan fingerprint density at radius 1 is 1.42 bits per heavy atom. The average Bonchev–Trinajstić information content (AvgIpc) is 3.03. The summed E-state index contributed by atoms with van der Waals surface area (Å²) < 4.78 is 2.86. The van der Waals surface area contributed by atoms with Crippen molar-refractivity contribution in [2.75, 3.05) is 11.9 Å². The molecule has 0 bridgehead atoms. The minimum absolute atomic E-state index is 0.447. The molecule has 0 spiro atoms. The lowest BCUT2D eigenvalue weighted by atomic mass is 10.4. The van der Waals surface area contributed by atoms with Crippen molar-refractivity contribution >= 4 is 56.7 Å². The number of nitrogens with zero attached hydrogens (tertiary/aromatic N) is 3. The molecule has 19 heavy (non-hydrogen) atoms. The Balaban J connectivity index is 1.92. The number of halogens is 2. The number of thiazole rings is 1. The predicted molar refractivity (Wildman–Crippen MR) is 84.1 cm³/mol. The van der Waals surface area contributed by atoms with Gasteiger partial charge in [0.05, 0.1) is 22.5 Å². The molecule has 7 heteroatoms. The summed E-state index contributed by atoms with van der Waals surface area (Å²) in [4.78, 5) is 8.94.